The van der Waals surface area contributed by atoms with E-state index in [4.69, 9.17) is 14.0 Å². The highest BCUT2D eigenvalue weighted by molar-refractivity contribution is 5.30. The maximum atomic E-state index is 5.42. The Hall–Kier alpha value is -1.96. The molecule has 0 aliphatic carbocycles. The van der Waals surface area contributed by atoms with E-state index in [2.05, 4.69) is 51.3 Å². The van der Waals surface area contributed by atoms with Crippen LogP contribution in [0, 0.1) is 11.8 Å². The van der Waals surface area contributed by atoms with Gasteiger partial charge in [-0.1, -0.05) is 17.3 Å². The van der Waals surface area contributed by atoms with Crippen LogP contribution in [0.5, 0.6) is 5.75 Å². The summed E-state index contributed by atoms with van der Waals surface area (Å²) in [6.45, 7) is 4.61. The van der Waals surface area contributed by atoms with Gasteiger partial charge in [0.05, 0.1) is 20.3 Å². The summed E-state index contributed by atoms with van der Waals surface area (Å²) in [6.07, 6.45) is 0.690. The third-order valence-electron chi connectivity index (χ3n) is 5.83. The van der Waals surface area contributed by atoms with Gasteiger partial charge in [-0.25, -0.2) is 0 Å². The molecule has 0 unspecified atom stereocenters. The molecule has 7 heteroatoms. The first-order valence-corrected chi connectivity index (χ1v) is 9.55. The van der Waals surface area contributed by atoms with Crippen molar-refractivity contribution in [3.8, 4) is 5.75 Å². The molecule has 27 heavy (non-hydrogen) atoms. The Labute approximate surface area is 160 Å². The second-order valence-electron chi connectivity index (χ2n) is 7.62. The van der Waals surface area contributed by atoms with Crippen LogP contribution in [0.4, 0.5) is 0 Å². The molecule has 0 saturated carbocycles. The van der Waals surface area contributed by atoms with Crippen LogP contribution in [0.3, 0.4) is 0 Å². The molecule has 146 valence electrons. The largest absolute Gasteiger partial charge is 0.497 e. The number of benzene rings is 1. The Kier molecular flexibility index (Phi) is 5.43. The molecule has 0 bridgehead atoms. The molecule has 3 heterocycles. The Bertz CT molecular complexity index is 748. The smallest absolute Gasteiger partial charge is 0.240 e. The van der Waals surface area contributed by atoms with E-state index in [0.29, 0.717) is 36.8 Å². The van der Waals surface area contributed by atoms with Gasteiger partial charge in [-0.05, 0) is 36.6 Å². The molecule has 2 aliphatic heterocycles. The number of hydrogen-bond donors (Lipinski definition) is 0. The van der Waals surface area contributed by atoms with E-state index >= 15 is 0 Å². The van der Waals surface area contributed by atoms with Gasteiger partial charge < -0.3 is 14.0 Å². The summed E-state index contributed by atoms with van der Waals surface area (Å²) in [5.41, 5.74) is 1.37. The van der Waals surface area contributed by atoms with Crippen molar-refractivity contribution >= 4 is 0 Å². The molecule has 2 aromatic rings. The highest BCUT2D eigenvalue weighted by Gasteiger charge is 2.46. The van der Waals surface area contributed by atoms with Crippen LogP contribution in [0.25, 0.3) is 0 Å². The van der Waals surface area contributed by atoms with Crippen LogP contribution in [-0.4, -0.2) is 67.4 Å². The van der Waals surface area contributed by atoms with Gasteiger partial charge in [0.2, 0.25) is 5.89 Å². The highest BCUT2D eigenvalue weighted by Crippen LogP contribution is 2.44. The molecule has 2 fully saturated rings. The number of methoxy groups -OCH3 is 2. The lowest BCUT2D eigenvalue weighted by molar-refractivity contribution is 0.199. The fourth-order valence-corrected chi connectivity index (χ4v) is 4.62. The Morgan fingerprint density at radius 1 is 1.15 bits per heavy atom. The second kappa shape index (κ2) is 7.96. The van der Waals surface area contributed by atoms with Crippen molar-refractivity contribution in [1.29, 1.82) is 0 Å². The third kappa shape index (κ3) is 3.85. The van der Waals surface area contributed by atoms with Crippen LogP contribution >= 0.6 is 0 Å². The SMILES string of the molecule is COCCc1noc(CN2C[C@@H]3CN(C)[C@H](c4ccc(OC)cc4)[C@@H]3C2)n1. The first-order valence-electron chi connectivity index (χ1n) is 9.55. The number of hydrogen-bond acceptors (Lipinski definition) is 7. The Morgan fingerprint density at radius 2 is 1.96 bits per heavy atom. The van der Waals surface area contributed by atoms with E-state index < -0.39 is 0 Å². The van der Waals surface area contributed by atoms with Crippen molar-refractivity contribution in [2.45, 2.75) is 19.0 Å². The lowest BCUT2D eigenvalue weighted by atomic mass is 9.89. The van der Waals surface area contributed by atoms with Crippen molar-refractivity contribution in [2.24, 2.45) is 11.8 Å². The van der Waals surface area contributed by atoms with E-state index in [1.807, 2.05) is 0 Å². The zero-order chi connectivity index (χ0) is 18.8. The minimum absolute atomic E-state index is 0.450. The van der Waals surface area contributed by atoms with E-state index in [0.717, 1.165) is 37.8 Å². The zero-order valence-electron chi connectivity index (χ0n) is 16.3. The van der Waals surface area contributed by atoms with Gasteiger partial charge in [0.15, 0.2) is 5.82 Å². The molecule has 2 aliphatic rings. The van der Waals surface area contributed by atoms with Crippen molar-refractivity contribution < 1.29 is 14.0 Å². The summed E-state index contributed by atoms with van der Waals surface area (Å²) in [4.78, 5) is 9.43. The normalized spacial score (nSPS) is 25.8. The molecule has 0 spiro atoms. The molecule has 3 atom stereocenters. The molecule has 0 radical (unpaired) electrons. The van der Waals surface area contributed by atoms with Gasteiger partial charge in [-0.3, -0.25) is 9.80 Å². The molecule has 7 nitrogen and oxygen atoms in total. The molecular formula is C20H28N4O3. The van der Waals surface area contributed by atoms with Crippen LogP contribution < -0.4 is 4.74 Å². The third-order valence-corrected chi connectivity index (χ3v) is 5.83. The summed E-state index contributed by atoms with van der Waals surface area (Å²) in [7, 11) is 5.62. The summed E-state index contributed by atoms with van der Waals surface area (Å²) < 4.78 is 15.8. The first kappa shape index (κ1) is 18.4. The number of likely N-dealkylation sites (tertiary alicyclic amines) is 2. The standard InChI is InChI=1S/C20H28N4O3/c1-23-10-15-11-24(13-19-21-18(22-27-19)8-9-25-2)12-17(15)20(23)14-4-6-16(26-3)7-5-14/h4-7,15,17,20H,8-13H2,1-3H3/t15-,17+,20+/m0/s1. The number of aromatic nitrogens is 2. The van der Waals surface area contributed by atoms with Crippen molar-refractivity contribution in [3.63, 3.8) is 0 Å². The summed E-state index contributed by atoms with van der Waals surface area (Å²) in [5.74, 6) is 3.64. The number of nitrogens with zero attached hydrogens (tertiary/aromatic N) is 4. The second-order valence-corrected chi connectivity index (χ2v) is 7.62. The maximum absolute atomic E-state index is 5.42. The zero-order valence-corrected chi connectivity index (χ0v) is 16.3. The fraction of sp³-hybridized carbons (Fsp3) is 0.600. The topological polar surface area (TPSA) is 63.9 Å². The van der Waals surface area contributed by atoms with Crippen LogP contribution in [0.1, 0.15) is 23.3 Å². The lowest BCUT2D eigenvalue weighted by Gasteiger charge is -2.26. The molecule has 2 saturated heterocycles. The van der Waals surface area contributed by atoms with Crippen LogP contribution in [0.15, 0.2) is 28.8 Å². The highest BCUT2D eigenvalue weighted by atomic mass is 16.5. The maximum Gasteiger partial charge on any atom is 0.240 e. The van der Waals surface area contributed by atoms with E-state index in [1.165, 1.54) is 5.56 Å². The van der Waals surface area contributed by atoms with Crippen molar-refractivity contribution in [1.82, 2.24) is 19.9 Å². The van der Waals surface area contributed by atoms with Gasteiger partial charge >= 0.3 is 0 Å². The molecule has 0 amide bonds. The Morgan fingerprint density at radius 3 is 2.70 bits per heavy atom. The molecular weight excluding hydrogens is 344 g/mol. The summed E-state index contributed by atoms with van der Waals surface area (Å²) in [5, 5.41) is 4.05. The summed E-state index contributed by atoms with van der Waals surface area (Å²) >= 11 is 0. The van der Waals surface area contributed by atoms with Gasteiger partial charge in [-0.2, -0.15) is 4.98 Å². The van der Waals surface area contributed by atoms with Crippen LogP contribution in [0.2, 0.25) is 0 Å². The van der Waals surface area contributed by atoms with Crippen molar-refractivity contribution in [3.05, 3.63) is 41.5 Å². The van der Waals surface area contributed by atoms with E-state index in [9.17, 15) is 0 Å². The molecule has 1 aromatic carbocycles. The average Bonchev–Trinajstić information content (AvgIpc) is 3.35. The molecule has 1 aromatic heterocycles. The van der Waals surface area contributed by atoms with E-state index in [-0.39, 0.29) is 0 Å². The number of ether oxygens (including phenoxy) is 2. The fourth-order valence-electron chi connectivity index (χ4n) is 4.62. The van der Waals surface area contributed by atoms with Gasteiger partial charge in [0.25, 0.3) is 0 Å². The average molecular weight is 372 g/mol. The first-order chi connectivity index (χ1) is 13.2. The van der Waals surface area contributed by atoms with E-state index in [1.54, 1.807) is 14.2 Å². The van der Waals surface area contributed by atoms with Gasteiger partial charge in [0.1, 0.15) is 5.75 Å². The van der Waals surface area contributed by atoms with Gasteiger partial charge in [-0.15, -0.1) is 0 Å². The predicted molar refractivity (Wildman–Crippen MR) is 101 cm³/mol. The number of rotatable bonds is 7. The lowest BCUT2D eigenvalue weighted by Crippen LogP contribution is -2.29. The summed E-state index contributed by atoms with van der Waals surface area (Å²) in [6, 6.07) is 8.97. The minimum atomic E-state index is 0.450. The number of fused-ring (bicyclic) bond motifs is 1. The van der Waals surface area contributed by atoms with Crippen molar-refractivity contribution in [2.75, 3.05) is 47.5 Å². The quantitative estimate of drug-likeness (QED) is 0.736. The van der Waals surface area contributed by atoms with Crippen LogP contribution in [-0.2, 0) is 17.7 Å². The minimum Gasteiger partial charge on any atom is -0.497 e. The molecule has 4 rings (SSSR count). The molecule has 0 N–H and O–H groups in total. The predicted octanol–water partition coefficient (Wildman–Crippen LogP) is 2.00. The van der Waals surface area contributed by atoms with Gasteiger partial charge in [0, 0.05) is 39.2 Å². The monoisotopic (exact) mass is 372 g/mol. The Balaban J connectivity index is 1.40.